The number of nitrogens with zero attached hydrogens (tertiary/aromatic N) is 3. The van der Waals surface area contributed by atoms with Gasteiger partial charge in [0.15, 0.2) is 23.2 Å². The van der Waals surface area contributed by atoms with E-state index in [0.29, 0.717) is 24.2 Å². The number of alkyl carbamates (subject to hydrolysis) is 1. The van der Waals surface area contributed by atoms with E-state index in [1.54, 1.807) is 51.2 Å². The molecule has 2 amide bonds. The molecule has 0 spiro atoms. The van der Waals surface area contributed by atoms with E-state index in [1.165, 1.54) is 10.7 Å². The van der Waals surface area contributed by atoms with Crippen LogP contribution in [0.2, 0.25) is 0 Å². The maximum absolute atomic E-state index is 14.0. The molecule has 11 nitrogen and oxygen atoms in total. The second-order valence-electron chi connectivity index (χ2n) is 10.2. The largest absolute Gasteiger partial charge is 0.480 e. The minimum atomic E-state index is -1.03. The number of nitrogens with one attached hydrogen (secondary N) is 2. The number of para-hydroxylation sites is 1. The van der Waals surface area contributed by atoms with E-state index in [4.69, 9.17) is 15.2 Å². The van der Waals surface area contributed by atoms with Crippen LogP contribution in [0.15, 0.2) is 48.7 Å². The molecule has 3 rings (SSSR count). The fraction of sp³-hybridized carbons (Fsp3) is 0.393. The Hall–Kier alpha value is -4.39. The maximum Gasteiger partial charge on any atom is 0.407 e. The molecule has 0 aliphatic carbocycles. The van der Waals surface area contributed by atoms with Gasteiger partial charge in [-0.3, -0.25) is 9.59 Å². The van der Waals surface area contributed by atoms with E-state index >= 15 is 0 Å². The van der Waals surface area contributed by atoms with Gasteiger partial charge in [0.1, 0.15) is 12.2 Å². The van der Waals surface area contributed by atoms with Crippen molar-refractivity contribution in [2.24, 2.45) is 5.73 Å². The Morgan fingerprint density at radius 3 is 2.44 bits per heavy atom. The number of carbonyl (C=O) groups is 3. The predicted molar refractivity (Wildman–Crippen MR) is 145 cm³/mol. The van der Waals surface area contributed by atoms with Crippen molar-refractivity contribution < 1.29 is 32.6 Å². The first-order valence-electron chi connectivity index (χ1n) is 13.1. The van der Waals surface area contributed by atoms with E-state index in [0.717, 1.165) is 12.1 Å². The van der Waals surface area contributed by atoms with Crippen molar-refractivity contribution >= 4 is 17.8 Å². The molecule has 1 aromatic heterocycles. The molecular formula is C28H34F2N6O5. The van der Waals surface area contributed by atoms with Crippen molar-refractivity contribution in [1.82, 2.24) is 25.6 Å². The molecule has 2 aromatic carbocycles. The zero-order chi connectivity index (χ0) is 30.0. The normalized spacial score (nSPS) is 12.0. The lowest BCUT2D eigenvalue weighted by molar-refractivity contribution is -0.123. The number of nitrogens with two attached hydrogens (primary N) is 1. The van der Waals surface area contributed by atoms with Crippen LogP contribution in [0.3, 0.4) is 0 Å². The molecule has 0 radical (unpaired) electrons. The van der Waals surface area contributed by atoms with Crippen LogP contribution in [0.25, 0.3) is 5.69 Å². The third-order valence-electron chi connectivity index (χ3n) is 5.68. The number of rotatable bonds is 13. The van der Waals surface area contributed by atoms with Gasteiger partial charge in [-0.1, -0.05) is 17.3 Å². The van der Waals surface area contributed by atoms with Crippen LogP contribution in [-0.4, -0.2) is 57.6 Å². The minimum absolute atomic E-state index is 0.187. The quantitative estimate of drug-likeness (QED) is 0.264. The molecule has 13 heteroatoms. The number of amides is 2. The lowest BCUT2D eigenvalue weighted by Gasteiger charge is -2.20. The van der Waals surface area contributed by atoms with Gasteiger partial charge in [0.25, 0.3) is 5.91 Å². The van der Waals surface area contributed by atoms with Crippen LogP contribution >= 0.6 is 0 Å². The Morgan fingerprint density at radius 2 is 1.78 bits per heavy atom. The monoisotopic (exact) mass is 572 g/mol. The van der Waals surface area contributed by atoms with Crippen molar-refractivity contribution in [2.75, 3.05) is 13.2 Å². The summed E-state index contributed by atoms with van der Waals surface area (Å²) in [5.74, 6) is -3.71. The van der Waals surface area contributed by atoms with Crippen LogP contribution in [0.1, 0.15) is 56.1 Å². The van der Waals surface area contributed by atoms with Crippen LogP contribution in [0.4, 0.5) is 13.6 Å². The van der Waals surface area contributed by atoms with Gasteiger partial charge >= 0.3 is 6.09 Å². The van der Waals surface area contributed by atoms with Gasteiger partial charge < -0.3 is 25.8 Å². The van der Waals surface area contributed by atoms with Crippen molar-refractivity contribution in [3.63, 3.8) is 0 Å². The minimum Gasteiger partial charge on any atom is -0.480 e. The van der Waals surface area contributed by atoms with Gasteiger partial charge in [0.2, 0.25) is 0 Å². The second kappa shape index (κ2) is 14.3. The third-order valence-corrected chi connectivity index (χ3v) is 5.68. The second-order valence-corrected chi connectivity index (χ2v) is 10.2. The molecule has 0 fully saturated rings. The van der Waals surface area contributed by atoms with Crippen LogP contribution < -0.4 is 21.1 Å². The summed E-state index contributed by atoms with van der Waals surface area (Å²) in [6.07, 6.45) is 2.17. The molecule has 0 aliphatic heterocycles. The number of hydrogen-bond donors (Lipinski definition) is 3. The van der Waals surface area contributed by atoms with E-state index in [1.807, 2.05) is 0 Å². The summed E-state index contributed by atoms with van der Waals surface area (Å²) in [5.41, 5.74) is 6.32. The van der Waals surface area contributed by atoms with Crippen molar-refractivity contribution in [3.8, 4) is 11.4 Å². The summed E-state index contributed by atoms with van der Waals surface area (Å²) < 4.78 is 39.8. The lowest BCUT2D eigenvalue weighted by Crippen LogP contribution is -2.43. The highest BCUT2D eigenvalue weighted by atomic mass is 19.1. The van der Waals surface area contributed by atoms with Crippen molar-refractivity contribution in [3.05, 3.63) is 71.6 Å². The zero-order valence-electron chi connectivity index (χ0n) is 23.2. The number of ketones is 1. The maximum atomic E-state index is 14.0. The molecule has 4 N–H and O–H groups in total. The number of Topliss-reactive ketones (excluding diaryl/α,β-unsaturated/α-hetero) is 1. The Morgan fingerprint density at radius 1 is 1.07 bits per heavy atom. The van der Waals surface area contributed by atoms with Gasteiger partial charge in [-0.15, -0.1) is 5.10 Å². The molecule has 3 aromatic rings. The molecule has 220 valence electrons. The predicted octanol–water partition coefficient (Wildman–Crippen LogP) is 3.45. The van der Waals surface area contributed by atoms with E-state index in [9.17, 15) is 23.2 Å². The van der Waals surface area contributed by atoms with E-state index in [-0.39, 0.29) is 25.1 Å². The SMILES string of the molecule is CC(C)(C)OC(=O)NCCCC[C@H](NC(=O)c1cccc(-n2cc(CN)nn2)c1)C(=O)COc1c(F)cccc1F. The fourth-order valence-corrected chi connectivity index (χ4v) is 3.71. The topological polar surface area (TPSA) is 150 Å². The van der Waals surface area contributed by atoms with Gasteiger partial charge in [-0.25, -0.2) is 18.3 Å². The van der Waals surface area contributed by atoms with Crippen molar-refractivity contribution in [1.29, 1.82) is 0 Å². The highest BCUT2D eigenvalue weighted by Gasteiger charge is 2.23. The molecule has 1 atom stereocenters. The Bertz CT molecular complexity index is 1340. The number of aromatic nitrogens is 3. The number of unbranched alkanes of at least 4 members (excludes halogenated alkanes) is 1. The summed E-state index contributed by atoms with van der Waals surface area (Å²) >= 11 is 0. The van der Waals surface area contributed by atoms with Gasteiger partial charge in [0, 0.05) is 18.7 Å². The Balaban J connectivity index is 1.66. The number of hydrogen-bond acceptors (Lipinski definition) is 8. The van der Waals surface area contributed by atoms with Crippen LogP contribution in [0, 0.1) is 11.6 Å². The molecule has 0 bridgehead atoms. The molecule has 0 aliphatic rings. The molecule has 41 heavy (non-hydrogen) atoms. The average Bonchev–Trinajstić information content (AvgIpc) is 3.40. The number of carbonyl (C=O) groups excluding carboxylic acids is 3. The van der Waals surface area contributed by atoms with Gasteiger partial charge in [-0.2, -0.15) is 0 Å². The summed E-state index contributed by atoms with van der Waals surface area (Å²) in [4.78, 5) is 38.0. The number of ether oxygens (including phenoxy) is 2. The molecule has 0 saturated heterocycles. The number of halogens is 2. The Labute approximate surface area is 236 Å². The molecule has 0 unspecified atom stereocenters. The summed E-state index contributed by atoms with van der Waals surface area (Å²) in [6.45, 7) is 5.07. The first kappa shape index (κ1) is 31.1. The third kappa shape index (κ3) is 9.64. The van der Waals surface area contributed by atoms with Gasteiger partial charge in [-0.05, 0) is 70.4 Å². The van der Waals surface area contributed by atoms with Gasteiger partial charge in [0.05, 0.1) is 23.6 Å². The lowest BCUT2D eigenvalue weighted by atomic mass is 10.0. The summed E-state index contributed by atoms with van der Waals surface area (Å²) in [7, 11) is 0. The zero-order valence-corrected chi connectivity index (χ0v) is 23.2. The van der Waals surface area contributed by atoms with E-state index in [2.05, 4.69) is 20.9 Å². The summed E-state index contributed by atoms with van der Waals surface area (Å²) in [6, 6.07) is 8.69. The summed E-state index contributed by atoms with van der Waals surface area (Å²) in [5, 5.41) is 13.2. The van der Waals surface area contributed by atoms with Crippen molar-refractivity contribution in [2.45, 2.75) is 58.2 Å². The first-order chi connectivity index (χ1) is 19.5. The fourth-order valence-electron chi connectivity index (χ4n) is 3.71. The molecular weight excluding hydrogens is 538 g/mol. The molecule has 1 heterocycles. The van der Waals surface area contributed by atoms with Crippen LogP contribution in [-0.2, 0) is 16.1 Å². The standard InChI is InChI=1S/C28H34F2N6O5/c1-28(2,3)41-27(39)32-13-5-4-12-23(24(37)17-40-25-21(29)10-7-11-22(25)30)33-26(38)18-8-6-9-20(14-18)36-16-19(15-31)34-35-36/h6-11,14,16,23H,4-5,12-13,15,17,31H2,1-3H3,(H,32,39)(H,33,38)/t23-/m0/s1. The smallest absolute Gasteiger partial charge is 0.407 e. The molecule has 0 saturated carbocycles. The first-order valence-corrected chi connectivity index (χ1v) is 13.1. The highest BCUT2D eigenvalue weighted by Crippen LogP contribution is 2.21. The average molecular weight is 573 g/mol. The highest BCUT2D eigenvalue weighted by molar-refractivity contribution is 5.98. The van der Waals surface area contributed by atoms with Crippen LogP contribution in [0.5, 0.6) is 5.75 Å². The van der Waals surface area contributed by atoms with E-state index < -0.39 is 53.4 Å². The Kier molecular flexibility index (Phi) is 10.9. The number of benzene rings is 2.